The number of nitrogens with one attached hydrogen (secondary N) is 1. The molecule has 1 aromatic carbocycles. The Balaban J connectivity index is 2.50. The fourth-order valence-corrected chi connectivity index (χ4v) is 2.10. The van der Waals surface area contributed by atoms with Crippen molar-refractivity contribution in [3.8, 4) is 0 Å². The van der Waals surface area contributed by atoms with E-state index in [2.05, 4.69) is 5.32 Å². The van der Waals surface area contributed by atoms with E-state index in [9.17, 15) is 19.5 Å². The number of carbonyl (C=O) groups is 3. The Bertz CT molecular complexity index is 592. The van der Waals surface area contributed by atoms with Crippen LogP contribution in [0.2, 0.25) is 5.02 Å². The lowest BCUT2D eigenvalue weighted by Gasteiger charge is -2.16. The van der Waals surface area contributed by atoms with Crippen molar-refractivity contribution in [2.75, 3.05) is 6.54 Å². The van der Waals surface area contributed by atoms with Crippen LogP contribution in [0, 0.1) is 5.92 Å². The van der Waals surface area contributed by atoms with Crippen LogP contribution in [0.1, 0.15) is 25.8 Å². The van der Waals surface area contributed by atoms with Crippen LogP contribution in [-0.4, -0.2) is 36.0 Å². The van der Waals surface area contributed by atoms with Crippen molar-refractivity contribution in [3.05, 3.63) is 34.9 Å². The van der Waals surface area contributed by atoms with Crippen LogP contribution >= 0.6 is 11.6 Å². The Labute approximate surface area is 144 Å². The van der Waals surface area contributed by atoms with Gasteiger partial charge in [-0.2, -0.15) is 0 Å². The van der Waals surface area contributed by atoms with E-state index in [0.717, 1.165) is 5.56 Å². The number of carbonyl (C=O) groups excluding carboxylic acids is 2. The van der Waals surface area contributed by atoms with E-state index in [-0.39, 0.29) is 19.4 Å². The molecule has 1 aromatic rings. The summed E-state index contributed by atoms with van der Waals surface area (Å²) >= 11 is 5.87. The Morgan fingerprint density at radius 2 is 2.00 bits per heavy atom. The Hall–Kier alpha value is -2.28. The number of carboxylic acid groups (broad SMARTS) is 1. The number of ether oxygens (including phenoxy) is 2. The average Bonchev–Trinajstić information content (AvgIpc) is 2.50. The molecule has 0 aromatic heterocycles. The normalized spacial score (nSPS) is 12.8. The van der Waals surface area contributed by atoms with Gasteiger partial charge in [0.15, 0.2) is 0 Å². The molecule has 0 radical (unpaired) electrons. The number of benzene rings is 1. The standard InChI is InChI=1S/C16H20ClNO6/c1-3-14(19)23-10(2)24-16(22)18-9-12(15(20)21)7-11-5-4-6-13(17)8-11/h4-6,8,10,12H,3,7,9H2,1-2H3,(H,18,22)(H,20,21)/t10-,12+/m1/s1. The molecule has 0 aliphatic carbocycles. The van der Waals surface area contributed by atoms with Crippen LogP contribution in [0.5, 0.6) is 0 Å². The first-order chi connectivity index (χ1) is 11.3. The topological polar surface area (TPSA) is 102 Å². The minimum Gasteiger partial charge on any atom is -0.481 e. The minimum atomic E-state index is -1.05. The summed E-state index contributed by atoms with van der Waals surface area (Å²) < 4.78 is 9.60. The number of halogens is 1. The van der Waals surface area contributed by atoms with Crippen molar-refractivity contribution in [2.45, 2.75) is 33.0 Å². The molecule has 2 N–H and O–H groups in total. The first kappa shape index (κ1) is 19.8. The highest BCUT2D eigenvalue weighted by Crippen LogP contribution is 2.14. The van der Waals surface area contributed by atoms with Gasteiger partial charge in [-0.1, -0.05) is 30.7 Å². The van der Waals surface area contributed by atoms with Crippen molar-refractivity contribution in [2.24, 2.45) is 5.92 Å². The van der Waals surface area contributed by atoms with E-state index < -0.39 is 30.2 Å². The van der Waals surface area contributed by atoms with Gasteiger partial charge in [0.1, 0.15) is 0 Å². The second-order valence-corrected chi connectivity index (χ2v) is 5.50. The number of carboxylic acids is 1. The Morgan fingerprint density at radius 3 is 2.58 bits per heavy atom. The second kappa shape index (κ2) is 9.77. The summed E-state index contributed by atoms with van der Waals surface area (Å²) in [6, 6.07) is 6.84. The van der Waals surface area contributed by atoms with Crippen LogP contribution < -0.4 is 5.32 Å². The van der Waals surface area contributed by atoms with Gasteiger partial charge in [0, 0.05) is 24.9 Å². The number of alkyl carbamates (subject to hydrolysis) is 1. The third-order valence-corrected chi connectivity index (χ3v) is 3.31. The van der Waals surface area contributed by atoms with E-state index in [1.54, 1.807) is 31.2 Å². The molecular weight excluding hydrogens is 338 g/mol. The number of aliphatic carboxylic acids is 1. The van der Waals surface area contributed by atoms with Gasteiger partial charge in [0.05, 0.1) is 5.92 Å². The molecule has 0 saturated carbocycles. The smallest absolute Gasteiger partial charge is 0.410 e. The lowest BCUT2D eigenvalue weighted by molar-refractivity contribution is -0.164. The van der Waals surface area contributed by atoms with Crippen LogP contribution in [0.25, 0.3) is 0 Å². The lowest BCUT2D eigenvalue weighted by Crippen LogP contribution is -2.36. The van der Waals surface area contributed by atoms with Gasteiger partial charge in [-0.25, -0.2) is 4.79 Å². The van der Waals surface area contributed by atoms with Crippen LogP contribution in [0.15, 0.2) is 24.3 Å². The van der Waals surface area contributed by atoms with Crippen LogP contribution in [-0.2, 0) is 25.5 Å². The first-order valence-corrected chi connectivity index (χ1v) is 7.80. The fourth-order valence-electron chi connectivity index (χ4n) is 1.89. The van der Waals surface area contributed by atoms with E-state index >= 15 is 0 Å². The zero-order chi connectivity index (χ0) is 18.1. The summed E-state index contributed by atoms with van der Waals surface area (Å²) in [4.78, 5) is 34.0. The number of hydrogen-bond donors (Lipinski definition) is 2. The molecule has 0 bridgehead atoms. The molecule has 132 valence electrons. The van der Waals surface area contributed by atoms with Gasteiger partial charge in [-0.05, 0) is 24.1 Å². The van der Waals surface area contributed by atoms with Crippen LogP contribution in [0.3, 0.4) is 0 Å². The van der Waals surface area contributed by atoms with E-state index in [1.807, 2.05) is 0 Å². The molecule has 0 saturated heterocycles. The van der Waals surface area contributed by atoms with E-state index in [0.29, 0.717) is 5.02 Å². The molecule has 0 aliphatic heterocycles. The summed E-state index contributed by atoms with van der Waals surface area (Å²) in [6.07, 6.45) is -1.54. The van der Waals surface area contributed by atoms with Gasteiger partial charge in [0.2, 0.25) is 6.29 Å². The molecule has 1 rings (SSSR count). The third kappa shape index (κ3) is 7.32. The van der Waals surface area contributed by atoms with Gasteiger partial charge in [0.25, 0.3) is 0 Å². The zero-order valence-electron chi connectivity index (χ0n) is 13.5. The average molecular weight is 358 g/mol. The highest BCUT2D eigenvalue weighted by molar-refractivity contribution is 6.30. The van der Waals surface area contributed by atoms with Gasteiger partial charge in [-0.3, -0.25) is 9.59 Å². The van der Waals surface area contributed by atoms with Gasteiger partial charge in [-0.15, -0.1) is 0 Å². The molecule has 2 atom stereocenters. The molecule has 7 nitrogen and oxygen atoms in total. The van der Waals surface area contributed by atoms with Gasteiger partial charge >= 0.3 is 18.0 Å². The zero-order valence-corrected chi connectivity index (χ0v) is 14.2. The molecule has 0 aliphatic rings. The molecular formula is C16H20ClNO6. The third-order valence-electron chi connectivity index (χ3n) is 3.07. The molecule has 1 amide bonds. The second-order valence-electron chi connectivity index (χ2n) is 5.07. The van der Waals surface area contributed by atoms with E-state index in [1.165, 1.54) is 6.92 Å². The van der Waals surface area contributed by atoms with Crippen molar-refractivity contribution in [1.82, 2.24) is 5.32 Å². The summed E-state index contributed by atoms with van der Waals surface area (Å²) in [6.45, 7) is 2.88. The number of esters is 1. The monoisotopic (exact) mass is 357 g/mol. The first-order valence-electron chi connectivity index (χ1n) is 7.43. The number of rotatable bonds is 8. The van der Waals surface area contributed by atoms with Crippen molar-refractivity contribution in [3.63, 3.8) is 0 Å². The maximum Gasteiger partial charge on any atom is 0.410 e. The summed E-state index contributed by atoms with van der Waals surface area (Å²) in [5.41, 5.74) is 0.746. The predicted molar refractivity (Wildman–Crippen MR) is 86.6 cm³/mol. The van der Waals surface area contributed by atoms with Crippen LogP contribution in [0.4, 0.5) is 4.79 Å². The minimum absolute atomic E-state index is 0.130. The van der Waals surface area contributed by atoms with Gasteiger partial charge < -0.3 is 19.9 Å². The van der Waals surface area contributed by atoms with Crippen molar-refractivity contribution >= 4 is 29.6 Å². The molecule has 24 heavy (non-hydrogen) atoms. The number of hydrogen-bond acceptors (Lipinski definition) is 5. The Morgan fingerprint density at radius 1 is 1.29 bits per heavy atom. The summed E-state index contributed by atoms with van der Waals surface area (Å²) in [7, 11) is 0. The lowest BCUT2D eigenvalue weighted by atomic mass is 9.99. The fraction of sp³-hybridized carbons (Fsp3) is 0.438. The van der Waals surface area contributed by atoms with E-state index in [4.69, 9.17) is 21.1 Å². The molecule has 0 unspecified atom stereocenters. The Kier molecular flexibility index (Phi) is 8.05. The summed E-state index contributed by atoms with van der Waals surface area (Å²) in [5.74, 6) is -2.40. The highest BCUT2D eigenvalue weighted by atomic mass is 35.5. The van der Waals surface area contributed by atoms with Crippen molar-refractivity contribution < 1.29 is 29.0 Å². The molecule has 0 spiro atoms. The summed E-state index contributed by atoms with van der Waals surface area (Å²) in [5, 5.41) is 12.1. The van der Waals surface area contributed by atoms with Crippen molar-refractivity contribution in [1.29, 1.82) is 0 Å². The largest absolute Gasteiger partial charge is 0.481 e. The highest BCUT2D eigenvalue weighted by Gasteiger charge is 2.20. The molecule has 0 fully saturated rings. The SMILES string of the molecule is CCC(=O)O[C@@H](C)OC(=O)NC[C@H](Cc1cccc(Cl)c1)C(=O)O. The molecule has 0 heterocycles. The number of amides is 1. The maximum absolute atomic E-state index is 11.6. The predicted octanol–water partition coefficient (Wildman–Crippen LogP) is 2.61. The molecule has 8 heteroatoms. The maximum atomic E-state index is 11.6. The quantitative estimate of drug-likeness (QED) is 0.547.